The van der Waals surface area contributed by atoms with Gasteiger partial charge in [0.1, 0.15) is 11.9 Å². The van der Waals surface area contributed by atoms with E-state index in [0.29, 0.717) is 39.9 Å². The fourth-order valence-electron chi connectivity index (χ4n) is 3.45. The van der Waals surface area contributed by atoms with Gasteiger partial charge in [0.2, 0.25) is 10.0 Å². The number of fused-ring (bicyclic) bond motifs is 1. The average molecular weight is 502 g/mol. The van der Waals surface area contributed by atoms with Crippen molar-refractivity contribution in [2.75, 3.05) is 24.5 Å². The Morgan fingerprint density at radius 2 is 1.91 bits per heavy atom. The molecule has 0 bridgehead atoms. The maximum absolute atomic E-state index is 13.0. The van der Waals surface area contributed by atoms with Gasteiger partial charge >= 0.3 is 12.1 Å². The molecule has 9 nitrogen and oxygen atoms in total. The summed E-state index contributed by atoms with van der Waals surface area (Å²) in [6.07, 6.45) is -2.34. The van der Waals surface area contributed by atoms with Crippen LogP contribution in [-0.2, 0) is 27.4 Å². The third kappa shape index (κ3) is 4.50. The molecule has 1 aliphatic rings. The van der Waals surface area contributed by atoms with Crippen LogP contribution >= 0.6 is 11.3 Å². The number of hydrogen-bond acceptors (Lipinski definition) is 8. The molecular formula is C19H18F3N5O4S2. The normalized spacial score (nSPS) is 18.1. The van der Waals surface area contributed by atoms with Crippen LogP contribution in [0.25, 0.3) is 10.3 Å². The molecule has 3 aromatic rings. The van der Waals surface area contributed by atoms with Crippen molar-refractivity contribution < 1.29 is 31.5 Å². The second-order valence-corrected chi connectivity index (χ2v) is 10.2. The van der Waals surface area contributed by atoms with Gasteiger partial charge in [0.05, 0.1) is 21.4 Å². The number of anilines is 1. The number of carboxylic acids is 1. The molecule has 0 aliphatic carbocycles. The van der Waals surface area contributed by atoms with Crippen LogP contribution < -0.4 is 4.90 Å². The zero-order chi connectivity index (χ0) is 24.0. The molecule has 3 heterocycles. The van der Waals surface area contributed by atoms with Gasteiger partial charge in [0.25, 0.3) is 0 Å². The highest BCUT2D eigenvalue weighted by atomic mass is 32.2. The number of aliphatic carboxylic acids is 1. The molecule has 0 saturated carbocycles. The number of alkyl halides is 3. The summed E-state index contributed by atoms with van der Waals surface area (Å²) in [5.41, 5.74) is -0.514. The molecule has 33 heavy (non-hydrogen) atoms. The fourth-order valence-corrected chi connectivity index (χ4v) is 5.92. The quantitative estimate of drug-likeness (QED) is 0.567. The van der Waals surface area contributed by atoms with Crippen LogP contribution in [0.4, 0.5) is 18.3 Å². The average Bonchev–Trinajstić information content (AvgIpc) is 3.21. The number of piperazine rings is 1. The fraction of sp³-hybridized carbons (Fsp3) is 0.368. The van der Waals surface area contributed by atoms with E-state index in [0.717, 1.165) is 16.4 Å². The van der Waals surface area contributed by atoms with E-state index in [-0.39, 0.29) is 19.6 Å². The molecule has 2 aromatic heterocycles. The lowest BCUT2D eigenvalue weighted by Gasteiger charge is -2.38. The van der Waals surface area contributed by atoms with Gasteiger partial charge in [-0.15, -0.1) is 0 Å². The number of halogens is 3. The predicted molar refractivity (Wildman–Crippen MR) is 114 cm³/mol. The summed E-state index contributed by atoms with van der Waals surface area (Å²) in [6, 6.07) is 1.54. The minimum absolute atomic E-state index is 0.150. The van der Waals surface area contributed by atoms with Crippen LogP contribution in [0, 0.1) is 0 Å². The van der Waals surface area contributed by atoms with E-state index in [1.54, 1.807) is 11.1 Å². The number of nitrogens with zero attached hydrogens (tertiary/aromatic N) is 5. The van der Waals surface area contributed by atoms with E-state index in [4.69, 9.17) is 0 Å². The van der Waals surface area contributed by atoms with E-state index < -0.39 is 38.7 Å². The lowest BCUT2D eigenvalue weighted by molar-refractivity contribution is -0.141. The lowest BCUT2D eigenvalue weighted by atomic mass is 10.2. The van der Waals surface area contributed by atoms with E-state index in [1.807, 2.05) is 6.92 Å². The Morgan fingerprint density at radius 1 is 1.21 bits per heavy atom. The standard InChI is InChI=1S/C19H18F3N5O4S2/c1-2-15-23-9-14-16(24-15)25-18(32-14)26-7-8-27(13(10-26)17(28)29)33(30,31)12-5-3-11(4-6-12)19(20,21)22/h3-6,9,13H,2,7-8,10H2,1H3,(H,28,29)/t13-/m1/s1. The van der Waals surface area contributed by atoms with Gasteiger partial charge in [0.15, 0.2) is 10.8 Å². The molecule has 1 saturated heterocycles. The lowest BCUT2D eigenvalue weighted by Crippen LogP contribution is -2.58. The third-order valence-corrected chi connectivity index (χ3v) is 8.14. The maximum atomic E-state index is 13.0. The van der Waals surface area contributed by atoms with Gasteiger partial charge in [-0.05, 0) is 24.3 Å². The van der Waals surface area contributed by atoms with Crippen LogP contribution in [0.1, 0.15) is 18.3 Å². The van der Waals surface area contributed by atoms with Crippen molar-refractivity contribution in [3.05, 3.63) is 41.9 Å². The monoisotopic (exact) mass is 501 g/mol. The van der Waals surface area contributed by atoms with Gasteiger partial charge < -0.3 is 10.0 Å². The number of carboxylic acid groups (broad SMARTS) is 1. The zero-order valence-corrected chi connectivity index (χ0v) is 18.8. The van der Waals surface area contributed by atoms with Gasteiger partial charge in [-0.3, -0.25) is 4.79 Å². The highest BCUT2D eigenvalue weighted by Crippen LogP contribution is 2.32. The number of benzene rings is 1. The number of sulfonamides is 1. The van der Waals surface area contributed by atoms with Crippen molar-refractivity contribution in [3.63, 3.8) is 0 Å². The number of aryl methyl sites for hydroxylation is 1. The molecule has 1 N–H and O–H groups in total. The summed E-state index contributed by atoms with van der Waals surface area (Å²) in [5, 5.41) is 10.2. The van der Waals surface area contributed by atoms with Gasteiger partial charge in [-0.25, -0.2) is 18.4 Å². The van der Waals surface area contributed by atoms with Crippen LogP contribution in [0.5, 0.6) is 0 Å². The van der Waals surface area contributed by atoms with Crippen molar-refractivity contribution >= 4 is 42.8 Å². The summed E-state index contributed by atoms with van der Waals surface area (Å²) in [6.45, 7) is 1.70. The molecule has 1 atom stereocenters. The summed E-state index contributed by atoms with van der Waals surface area (Å²) < 4.78 is 66.0. The minimum Gasteiger partial charge on any atom is -0.480 e. The first kappa shape index (κ1) is 23.3. The Labute approximate surface area is 190 Å². The predicted octanol–water partition coefficient (Wildman–Crippen LogP) is 2.63. The van der Waals surface area contributed by atoms with E-state index in [1.165, 1.54) is 11.3 Å². The highest BCUT2D eigenvalue weighted by molar-refractivity contribution is 7.89. The molecule has 1 aromatic carbocycles. The molecule has 0 unspecified atom stereocenters. The Bertz CT molecular complexity index is 1290. The Balaban J connectivity index is 1.60. The van der Waals surface area contributed by atoms with Crippen LogP contribution in [0.3, 0.4) is 0 Å². The molecule has 1 aliphatic heterocycles. The van der Waals surface area contributed by atoms with Crippen molar-refractivity contribution in [3.8, 4) is 0 Å². The number of thiazole rings is 1. The number of hydrogen-bond donors (Lipinski definition) is 1. The molecular weight excluding hydrogens is 483 g/mol. The van der Waals surface area contributed by atoms with Gasteiger partial charge in [-0.1, -0.05) is 18.3 Å². The second-order valence-electron chi connectivity index (χ2n) is 7.26. The number of rotatable bonds is 5. The first-order valence-electron chi connectivity index (χ1n) is 9.80. The summed E-state index contributed by atoms with van der Waals surface area (Å²) in [4.78, 5) is 26.2. The van der Waals surface area contributed by atoms with Crippen LogP contribution in [0.15, 0.2) is 35.4 Å². The third-order valence-electron chi connectivity index (χ3n) is 5.18. The van der Waals surface area contributed by atoms with Crippen molar-refractivity contribution in [2.45, 2.75) is 30.5 Å². The summed E-state index contributed by atoms with van der Waals surface area (Å²) in [5.74, 6) is -0.750. The molecule has 0 amide bonds. The van der Waals surface area contributed by atoms with Crippen LogP contribution in [-0.4, -0.2) is 64.4 Å². The topological polar surface area (TPSA) is 117 Å². The maximum Gasteiger partial charge on any atom is 0.416 e. The Hall–Kier alpha value is -2.84. The second kappa shape index (κ2) is 8.50. The minimum atomic E-state index is -4.61. The van der Waals surface area contributed by atoms with E-state index in [9.17, 15) is 31.5 Å². The van der Waals surface area contributed by atoms with Gasteiger partial charge in [-0.2, -0.15) is 22.5 Å². The first-order valence-corrected chi connectivity index (χ1v) is 12.1. The molecule has 176 valence electrons. The molecule has 4 rings (SSSR count). The van der Waals surface area contributed by atoms with Crippen molar-refractivity contribution in [2.24, 2.45) is 0 Å². The SMILES string of the molecule is CCc1ncc2sc(N3CCN(S(=O)(=O)c4ccc(C(F)(F)F)cc4)[C@@H](C(=O)O)C3)nc2n1. The van der Waals surface area contributed by atoms with E-state index >= 15 is 0 Å². The number of carbonyl (C=O) groups is 1. The zero-order valence-electron chi connectivity index (χ0n) is 17.2. The number of aromatic nitrogens is 3. The smallest absolute Gasteiger partial charge is 0.416 e. The molecule has 0 radical (unpaired) electrons. The molecule has 0 spiro atoms. The van der Waals surface area contributed by atoms with Crippen LogP contribution in [0.2, 0.25) is 0 Å². The van der Waals surface area contributed by atoms with Gasteiger partial charge in [0, 0.05) is 26.1 Å². The van der Waals surface area contributed by atoms with Crippen molar-refractivity contribution in [1.29, 1.82) is 0 Å². The van der Waals surface area contributed by atoms with Crippen molar-refractivity contribution in [1.82, 2.24) is 19.3 Å². The summed E-state index contributed by atoms with van der Waals surface area (Å²) >= 11 is 1.27. The molecule has 14 heteroatoms. The Morgan fingerprint density at radius 3 is 2.52 bits per heavy atom. The largest absolute Gasteiger partial charge is 0.480 e. The van der Waals surface area contributed by atoms with E-state index in [2.05, 4.69) is 15.0 Å². The first-order chi connectivity index (χ1) is 15.5. The Kier molecular flexibility index (Phi) is 6.01. The molecule has 1 fully saturated rings. The highest BCUT2D eigenvalue weighted by Gasteiger charge is 2.41. The summed E-state index contributed by atoms with van der Waals surface area (Å²) in [7, 11) is -4.34.